The summed E-state index contributed by atoms with van der Waals surface area (Å²) in [5, 5.41) is 14.5. The highest BCUT2D eigenvalue weighted by Crippen LogP contribution is 2.34. The zero-order chi connectivity index (χ0) is 21.7. The quantitative estimate of drug-likeness (QED) is 0.427. The number of halogens is 1. The molecule has 0 radical (unpaired) electrons. The number of nitrogens with zero attached hydrogens (tertiary/aromatic N) is 4. The molecule has 0 saturated heterocycles. The fourth-order valence-electron chi connectivity index (χ4n) is 2.71. The lowest BCUT2D eigenvalue weighted by Gasteiger charge is -2.22. The first-order chi connectivity index (χ1) is 14.4. The summed E-state index contributed by atoms with van der Waals surface area (Å²) in [4.78, 5) is 32.5. The number of rotatable bonds is 2. The number of nitrogens with two attached hydrogens (primary N) is 1. The number of nitrogen functional groups attached to an aromatic ring is 1. The smallest absolute Gasteiger partial charge is 0.415 e. The molecule has 0 spiro atoms. The van der Waals surface area contributed by atoms with Crippen LogP contribution in [0.3, 0.4) is 0 Å². The molecule has 3 N–H and O–H groups in total. The van der Waals surface area contributed by atoms with Crippen molar-refractivity contribution in [3.05, 3.63) is 51.8 Å². The van der Waals surface area contributed by atoms with Crippen molar-refractivity contribution in [2.75, 3.05) is 35.7 Å². The van der Waals surface area contributed by atoms with Crippen LogP contribution < -0.4 is 20.7 Å². The number of hydrogen-bond donors (Lipinski definition) is 2. The van der Waals surface area contributed by atoms with Gasteiger partial charge in [0.15, 0.2) is 11.6 Å². The molecule has 0 atom stereocenters. The second-order valence-electron chi connectivity index (χ2n) is 6.07. The SMILES string of the molecule is CCOC(=O)N1Cc2ccc(F)c(c2)OC/C=C/CNc2nc(N)c([N+](=O)[O-])c1n2. The third-order valence-corrected chi connectivity index (χ3v) is 4.04. The molecule has 1 aromatic carbocycles. The average molecular weight is 418 g/mol. The summed E-state index contributed by atoms with van der Waals surface area (Å²) in [6.07, 6.45) is 2.45. The summed E-state index contributed by atoms with van der Waals surface area (Å²) in [6.45, 7) is 1.76. The van der Waals surface area contributed by atoms with Crippen molar-refractivity contribution in [1.29, 1.82) is 0 Å². The normalized spacial score (nSPS) is 14.7. The Morgan fingerprint density at radius 1 is 1.43 bits per heavy atom. The van der Waals surface area contributed by atoms with Crippen LogP contribution >= 0.6 is 0 Å². The average Bonchev–Trinajstić information content (AvgIpc) is 2.69. The van der Waals surface area contributed by atoms with Gasteiger partial charge in [-0.3, -0.25) is 15.0 Å². The molecule has 12 heteroatoms. The molecule has 30 heavy (non-hydrogen) atoms. The molecule has 1 aromatic heterocycles. The number of fused-ring (bicyclic) bond motifs is 4. The molecule has 0 saturated carbocycles. The Labute approximate surface area is 170 Å². The Hall–Kier alpha value is -3.96. The molecule has 0 fully saturated rings. The fourth-order valence-corrected chi connectivity index (χ4v) is 2.71. The Balaban J connectivity index is 2.18. The van der Waals surface area contributed by atoms with E-state index in [2.05, 4.69) is 15.3 Å². The zero-order valence-electron chi connectivity index (χ0n) is 16.0. The first-order valence-electron chi connectivity index (χ1n) is 8.97. The Morgan fingerprint density at radius 3 is 2.97 bits per heavy atom. The third kappa shape index (κ3) is 4.54. The van der Waals surface area contributed by atoms with E-state index in [1.54, 1.807) is 19.1 Å². The number of anilines is 3. The summed E-state index contributed by atoms with van der Waals surface area (Å²) in [5.74, 6) is -1.38. The molecule has 0 unspecified atom stereocenters. The van der Waals surface area contributed by atoms with Crippen LogP contribution in [0, 0.1) is 15.9 Å². The van der Waals surface area contributed by atoms with Crippen molar-refractivity contribution in [3.8, 4) is 5.75 Å². The molecule has 2 heterocycles. The van der Waals surface area contributed by atoms with Crippen LogP contribution in [0.1, 0.15) is 12.5 Å². The number of aromatic nitrogens is 2. The molecule has 11 nitrogen and oxygen atoms in total. The Kier molecular flexibility index (Phi) is 6.25. The first kappa shape index (κ1) is 20.8. The van der Waals surface area contributed by atoms with Gasteiger partial charge >= 0.3 is 11.8 Å². The number of carbonyl (C=O) groups excluding carboxylic acids is 1. The number of carbonyl (C=O) groups is 1. The minimum absolute atomic E-state index is 0.00942. The maximum atomic E-state index is 14.1. The summed E-state index contributed by atoms with van der Waals surface area (Å²) >= 11 is 0. The van der Waals surface area contributed by atoms with Gasteiger partial charge in [-0.1, -0.05) is 12.1 Å². The van der Waals surface area contributed by atoms with Crippen molar-refractivity contribution in [3.63, 3.8) is 0 Å². The number of hydrogen-bond acceptors (Lipinski definition) is 9. The van der Waals surface area contributed by atoms with E-state index >= 15 is 0 Å². The highest BCUT2D eigenvalue weighted by Gasteiger charge is 2.32. The Bertz CT molecular complexity index is 999. The lowest BCUT2D eigenvalue weighted by Crippen LogP contribution is -2.33. The van der Waals surface area contributed by atoms with Gasteiger partial charge in [0.1, 0.15) is 6.61 Å². The lowest BCUT2D eigenvalue weighted by molar-refractivity contribution is -0.383. The van der Waals surface area contributed by atoms with Crippen LogP contribution in [0.5, 0.6) is 5.75 Å². The van der Waals surface area contributed by atoms with Gasteiger partial charge in [-0.2, -0.15) is 9.97 Å². The summed E-state index contributed by atoms with van der Waals surface area (Å²) < 4.78 is 24.5. The van der Waals surface area contributed by atoms with E-state index < -0.39 is 28.3 Å². The van der Waals surface area contributed by atoms with Crippen LogP contribution in [-0.4, -0.2) is 40.7 Å². The van der Waals surface area contributed by atoms with E-state index in [0.717, 1.165) is 4.90 Å². The standard InChI is InChI=1S/C18H19FN6O5/c1-2-29-18(26)24-10-11-5-6-12(19)13(9-11)30-8-4-3-7-21-17-22-15(20)14(25(27)28)16(24)23-17/h3-6,9H,2,7-8,10H2,1H3,(H3,20,21,22,23)/b4-3+. The van der Waals surface area contributed by atoms with E-state index in [9.17, 15) is 19.3 Å². The molecular weight excluding hydrogens is 399 g/mol. The highest BCUT2D eigenvalue weighted by atomic mass is 19.1. The topological polar surface area (TPSA) is 146 Å². The monoisotopic (exact) mass is 418 g/mol. The number of ether oxygens (including phenoxy) is 2. The summed E-state index contributed by atoms with van der Waals surface area (Å²) in [6, 6.07) is 4.00. The van der Waals surface area contributed by atoms with Crippen molar-refractivity contribution in [1.82, 2.24) is 9.97 Å². The minimum Gasteiger partial charge on any atom is -0.486 e. The fraction of sp³-hybridized carbons (Fsp3) is 0.278. The predicted octanol–water partition coefficient (Wildman–Crippen LogP) is 2.63. The number of nitrogens with one attached hydrogen (secondary N) is 1. The van der Waals surface area contributed by atoms with E-state index in [4.69, 9.17) is 15.2 Å². The molecule has 0 aliphatic carbocycles. The van der Waals surface area contributed by atoms with E-state index in [1.807, 2.05) is 0 Å². The summed E-state index contributed by atoms with van der Waals surface area (Å²) in [5.41, 5.74) is 5.58. The molecule has 4 bridgehead atoms. The lowest BCUT2D eigenvalue weighted by atomic mass is 10.2. The van der Waals surface area contributed by atoms with Crippen molar-refractivity contribution >= 4 is 29.4 Å². The molecule has 1 amide bonds. The van der Waals surface area contributed by atoms with Gasteiger partial charge in [0.05, 0.1) is 18.1 Å². The number of amides is 1. The van der Waals surface area contributed by atoms with Gasteiger partial charge in [-0.05, 0) is 30.7 Å². The largest absolute Gasteiger partial charge is 0.486 e. The minimum atomic E-state index is -0.886. The molecule has 1 aliphatic rings. The van der Waals surface area contributed by atoms with Crippen LogP contribution in [-0.2, 0) is 11.3 Å². The van der Waals surface area contributed by atoms with E-state index in [0.29, 0.717) is 5.56 Å². The second-order valence-corrected chi connectivity index (χ2v) is 6.07. The Morgan fingerprint density at radius 2 is 2.23 bits per heavy atom. The van der Waals surface area contributed by atoms with Crippen molar-refractivity contribution in [2.24, 2.45) is 0 Å². The molecule has 2 aromatic rings. The van der Waals surface area contributed by atoms with E-state index in [-0.39, 0.29) is 43.8 Å². The van der Waals surface area contributed by atoms with Crippen LogP contribution in [0.25, 0.3) is 0 Å². The van der Waals surface area contributed by atoms with Crippen LogP contribution in [0.2, 0.25) is 0 Å². The zero-order valence-corrected chi connectivity index (χ0v) is 16.0. The van der Waals surface area contributed by atoms with Crippen LogP contribution in [0.15, 0.2) is 30.4 Å². The second kappa shape index (κ2) is 9.03. The van der Waals surface area contributed by atoms with Crippen molar-refractivity contribution < 1.29 is 23.6 Å². The number of nitro groups is 1. The predicted molar refractivity (Wildman–Crippen MR) is 106 cm³/mol. The number of benzene rings is 1. The maximum absolute atomic E-state index is 14.1. The maximum Gasteiger partial charge on any atom is 0.415 e. The van der Waals surface area contributed by atoms with Gasteiger partial charge in [-0.15, -0.1) is 0 Å². The summed E-state index contributed by atoms with van der Waals surface area (Å²) in [7, 11) is 0. The molecule has 3 rings (SSSR count). The van der Waals surface area contributed by atoms with Gasteiger partial charge < -0.3 is 20.5 Å². The van der Waals surface area contributed by atoms with Gasteiger partial charge in [-0.25, -0.2) is 9.18 Å². The van der Waals surface area contributed by atoms with Gasteiger partial charge in [0, 0.05) is 6.54 Å². The molecular formula is C18H19FN6O5. The van der Waals surface area contributed by atoms with Crippen molar-refractivity contribution in [2.45, 2.75) is 13.5 Å². The van der Waals surface area contributed by atoms with Crippen LogP contribution in [0.4, 0.5) is 32.5 Å². The molecule has 158 valence electrons. The highest BCUT2D eigenvalue weighted by molar-refractivity contribution is 5.91. The first-order valence-corrected chi connectivity index (χ1v) is 8.97. The van der Waals surface area contributed by atoms with E-state index in [1.165, 1.54) is 18.2 Å². The molecule has 1 aliphatic heterocycles. The third-order valence-electron chi connectivity index (χ3n) is 4.04. The van der Waals surface area contributed by atoms with Gasteiger partial charge in [0.2, 0.25) is 17.6 Å². The van der Waals surface area contributed by atoms with Gasteiger partial charge in [0.25, 0.3) is 0 Å².